The molecule has 0 N–H and O–H groups in total. The number of hydrogen-bond donors (Lipinski definition) is 0. The highest BCUT2D eigenvalue weighted by molar-refractivity contribution is 5.82. The Morgan fingerprint density at radius 3 is 2.54 bits per heavy atom. The van der Waals surface area contributed by atoms with Crippen LogP contribution in [-0.4, -0.2) is 12.6 Å². The van der Waals surface area contributed by atoms with E-state index in [0.29, 0.717) is 6.61 Å². The summed E-state index contributed by atoms with van der Waals surface area (Å²) in [6.45, 7) is 4.39. The average molecular weight is 372 g/mol. The van der Waals surface area contributed by atoms with Crippen LogP contribution in [0.2, 0.25) is 0 Å². The molecule has 3 aromatic carbocycles. The minimum absolute atomic E-state index is 0.195. The van der Waals surface area contributed by atoms with E-state index < -0.39 is 0 Å². The van der Waals surface area contributed by atoms with Gasteiger partial charge >= 0.3 is 5.97 Å². The number of esters is 1. The highest BCUT2D eigenvalue weighted by atomic mass is 16.5. The van der Waals surface area contributed by atoms with Crippen molar-refractivity contribution in [2.24, 2.45) is 0 Å². The summed E-state index contributed by atoms with van der Waals surface area (Å²) >= 11 is 0. The standard InChI is InChI=1S/C25H24O3/c1-3-17-13-14-23-21(15-19-10-6-8-12-22(19)28-23)25(17)20-11-7-5-9-18(20)16-24(26)27-4-2/h5-14H,3-4,15-16H2,1-2H3. The predicted molar refractivity (Wildman–Crippen MR) is 111 cm³/mol. The van der Waals surface area contributed by atoms with E-state index in [1.54, 1.807) is 0 Å². The number of hydrogen-bond acceptors (Lipinski definition) is 3. The number of carbonyl (C=O) groups is 1. The predicted octanol–water partition coefficient (Wildman–Crippen LogP) is 5.72. The summed E-state index contributed by atoms with van der Waals surface area (Å²) in [5.41, 5.74) is 6.91. The number of rotatable bonds is 5. The smallest absolute Gasteiger partial charge is 0.310 e. The van der Waals surface area contributed by atoms with Crippen LogP contribution in [-0.2, 0) is 28.8 Å². The Bertz CT molecular complexity index is 1020. The highest BCUT2D eigenvalue weighted by Gasteiger charge is 2.23. The second-order valence-electron chi connectivity index (χ2n) is 6.96. The molecule has 0 atom stereocenters. The quantitative estimate of drug-likeness (QED) is 0.420. The summed E-state index contributed by atoms with van der Waals surface area (Å²) in [6, 6.07) is 20.5. The van der Waals surface area contributed by atoms with Gasteiger partial charge in [-0.1, -0.05) is 55.5 Å². The first-order chi connectivity index (χ1) is 13.7. The lowest BCUT2D eigenvalue weighted by Crippen LogP contribution is -2.10. The highest BCUT2D eigenvalue weighted by Crippen LogP contribution is 2.43. The molecule has 0 unspecified atom stereocenters. The lowest BCUT2D eigenvalue weighted by molar-refractivity contribution is -0.142. The Balaban J connectivity index is 1.84. The van der Waals surface area contributed by atoms with Crippen molar-refractivity contribution < 1.29 is 14.3 Å². The Hall–Kier alpha value is -3.07. The van der Waals surface area contributed by atoms with Crippen molar-refractivity contribution in [1.82, 2.24) is 0 Å². The average Bonchev–Trinajstić information content (AvgIpc) is 2.72. The minimum Gasteiger partial charge on any atom is -0.466 e. The molecule has 1 aliphatic heterocycles. The van der Waals surface area contributed by atoms with Gasteiger partial charge in [0, 0.05) is 12.0 Å². The Morgan fingerprint density at radius 1 is 0.929 bits per heavy atom. The summed E-state index contributed by atoms with van der Waals surface area (Å²) in [7, 11) is 0. The maximum atomic E-state index is 12.2. The number of benzene rings is 3. The third-order valence-electron chi connectivity index (χ3n) is 5.22. The Labute approximate surface area is 165 Å². The van der Waals surface area contributed by atoms with Gasteiger partial charge in [0.15, 0.2) is 0 Å². The van der Waals surface area contributed by atoms with Crippen LogP contribution in [0, 0.1) is 0 Å². The Kier molecular flexibility index (Phi) is 5.16. The molecule has 1 aliphatic rings. The summed E-state index contributed by atoms with van der Waals surface area (Å²) < 4.78 is 11.4. The van der Waals surface area contributed by atoms with Crippen molar-refractivity contribution >= 4 is 5.97 Å². The molecule has 0 saturated heterocycles. The van der Waals surface area contributed by atoms with Gasteiger partial charge in [-0.05, 0) is 53.3 Å². The minimum atomic E-state index is -0.195. The molecular weight excluding hydrogens is 348 g/mol. The molecule has 0 radical (unpaired) electrons. The third-order valence-corrected chi connectivity index (χ3v) is 5.22. The molecule has 142 valence electrons. The second kappa shape index (κ2) is 7.89. The lowest BCUT2D eigenvalue weighted by atomic mass is 9.85. The number of carbonyl (C=O) groups excluding carboxylic acids is 1. The molecule has 0 spiro atoms. The molecule has 1 heterocycles. The fourth-order valence-corrected chi connectivity index (χ4v) is 3.92. The molecule has 3 heteroatoms. The zero-order valence-electron chi connectivity index (χ0n) is 16.3. The van der Waals surface area contributed by atoms with Crippen molar-refractivity contribution in [2.45, 2.75) is 33.1 Å². The van der Waals surface area contributed by atoms with Gasteiger partial charge < -0.3 is 9.47 Å². The summed E-state index contributed by atoms with van der Waals surface area (Å²) in [6.07, 6.45) is 2.01. The van der Waals surface area contributed by atoms with Crippen LogP contribution in [0.3, 0.4) is 0 Å². The van der Waals surface area contributed by atoms with E-state index >= 15 is 0 Å². The third kappa shape index (κ3) is 3.40. The first-order valence-corrected chi connectivity index (χ1v) is 9.85. The van der Waals surface area contributed by atoms with E-state index in [-0.39, 0.29) is 12.4 Å². The van der Waals surface area contributed by atoms with E-state index in [9.17, 15) is 4.79 Å². The number of ether oxygens (including phenoxy) is 2. The molecule has 0 saturated carbocycles. The van der Waals surface area contributed by atoms with Crippen molar-refractivity contribution in [2.75, 3.05) is 6.61 Å². The lowest BCUT2D eigenvalue weighted by Gasteiger charge is -2.25. The molecule has 3 aromatic rings. The molecular formula is C25H24O3. The van der Waals surface area contributed by atoms with Gasteiger partial charge in [0.25, 0.3) is 0 Å². The van der Waals surface area contributed by atoms with E-state index in [1.165, 1.54) is 22.3 Å². The molecule has 0 fully saturated rings. The SMILES string of the molecule is CCOC(=O)Cc1ccccc1-c1c(CC)ccc2c1Cc1ccccc1O2. The molecule has 3 nitrogen and oxygen atoms in total. The maximum Gasteiger partial charge on any atom is 0.310 e. The van der Waals surface area contributed by atoms with E-state index in [1.807, 2.05) is 43.3 Å². The van der Waals surface area contributed by atoms with E-state index in [2.05, 4.69) is 31.2 Å². The van der Waals surface area contributed by atoms with Crippen LogP contribution >= 0.6 is 0 Å². The second-order valence-corrected chi connectivity index (χ2v) is 6.96. The Morgan fingerprint density at radius 2 is 1.71 bits per heavy atom. The fourth-order valence-electron chi connectivity index (χ4n) is 3.92. The maximum absolute atomic E-state index is 12.2. The van der Waals surface area contributed by atoms with Crippen molar-refractivity contribution in [3.05, 3.63) is 82.9 Å². The van der Waals surface area contributed by atoms with Crippen molar-refractivity contribution in [3.8, 4) is 22.6 Å². The van der Waals surface area contributed by atoms with Gasteiger partial charge in [-0.15, -0.1) is 0 Å². The van der Waals surface area contributed by atoms with Crippen LogP contribution in [0.1, 0.15) is 36.1 Å². The van der Waals surface area contributed by atoms with E-state index in [4.69, 9.17) is 9.47 Å². The van der Waals surface area contributed by atoms with Gasteiger partial charge in [0.1, 0.15) is 11.5 Å². The first-order valence-electron chi connectivity index (χ1n) is 9.85. The zero-order chi connectivity index (χ0) is 19.5. The normalized spacial score (nSPS) is 11.9. The number of aryl methyl sites for hydroxylation is 1. The van der Waals surface area contributed by atoms with Crippen LogP contribution in [0.5, 0.6) is 11.5 Å². The van der Waals surface area contributed by atoms with Crippen LogP contribution in [0.25, 0.3) is 11.1 Å². The van der Waals surface area contributed by atoms with Crippen molar-refractivity contribution in [1.29, 1.82) is 0 Å². The molecule has 0 aromatic heterocycles. The topological polar surface area (TPSA) is 35.5 Å². The largest absolute Gasteiger partial charge is 0.466 e. The van der Waals surface area contributed by atoms with Crippen LogP contribution < -0.4 is 4.74 Å². The summed E-state index contributed by atoms with van der Waals surface area (Å²) in [4.78, 5) is 12.2. The molecule has 0 bridgehead atoms. The van der Waals surface area contributed by atoms with Gasteiger partial charge in [-0.2, -0.15) is 0 Å². The number of para-hydroxylation sites is 1. The van der Waals surface area contributed by atoms with Gasteiger partial charge in [-0.25, -0.2) is 0 Å². The monoisotopic (exact) mass is 372 g/mol. The molecule has 4 rings (SSSR count). The first kappa shape index (κ1) is 18.3. The summed E-state index contributed by atoms with van der Waals surface area (Å²) in [5, 5.41) is 0. The molecule has 0 aliphatic carbocycles. The van der Waals surface area contributed by atoms with Gasteiger partial charge in [0.05, 0.1) is 13.0 Å². The molecule has 28 heavy (non-hydrogen) atoms. The van der Waals surface area contributed by atoms with Crippen LogP contribution in [0.15, 0.2) is 60.7 Å². The van der Waals surface area contributed by atoms with Gasteiger partial charge in [-0.3, -0.25) is 4.79 Å². The zero-order valence-corrected chi connectivity index (χ0v) is 16.3. The van der Waals surface area contributed by atoms with E-state index in [0.717, 1.165) is 35.5 Å². The number of fused-ring (bicyclic) bond motifs is 2. The molecule has 0 amide bonds. The summed E-state index contributed by atoms with van der Waals surface area (Å²) in [5.74, 6) is 1.63. The fraction of sp³-hybridized carbons (Fsp3) is 0.240. The van der Waals surface area contributed by atoms with Crippen LogP contribution in [0.4, 0.5) is 0 Å². The van der Waals surface area contributed by atoms with Gasteiger partial charge in [0.2, 0.25) is 0 Å². The van der Waals surface area contributed by atoms with Crippen molar-refractivity contribution in [3.63, 3.8) is 0 Å².